The molecule has 2 heterocycles. The Morgan fingerprint density at radius 3 is 2.76 bits per heavy atom. The van der Waals surface area contributed by atoms with Gasteiger partial charge in [-0.25, -0.2) is 4.79 Å². The summed E-state index contributed by atoms with van der Waals surface area (Å²) < 4.78 is 0. The topological polar surface area (TPSA) is 37.3 Å². The van der Waals surface area contributed by atoms with E-state index in [1.165, 1.54) is 16.2 Å². The maximum atomic E-state index is 11.2. The molecule has 2 rings (SSSR count). The second kappa shape index (κ2) is 5.29. The second-order valence-electron chi connectivity index (χ2n) is 3.50. The van der Waals surface area contributed by atoms with E-state index in [4.69, 9.17) is 0 Å². The first kappa shape index (κ1) is 12.1. The molecule has 0 fully saturated rings. The number of carbonyl (C=O) groups is 1. The van der Waals surface area contributed by atoms with Crippen LogP contribution in [0.5, 0.6) is 0 Å². The van der Waals surface area contributed by atoms with Crippen LogP contribution in [0.2, 0.25) is 0 Å². The summed E-state index contributed by atoms with van der Waals surface area (Å²) in [7, 11) is 0. The molecule has 0 bridgehead atoms. The van der Waals surface area contributed by atoms with Crippen LogP contribution in [0.4, 0.5) is 0 Å². The Hall–Kier alpha value is -1.39. The fraction of sp³-hybridized carbons (Fsp3) is 0.154. The first-order chi connectivity index (χ1) is 8.20. The van der Waals surface area contributed by atoms with Gasteiger partial charge in [-0.15, -0.1) is 22.7 Å². The largest absolute Gasteiger partial charge is 0.478 e. The van der Waals surface area contributed by atoms with Gasteiger partial charge in [-0.1, -0.05) is 13.0 Å². The molecule has 0 amide bonds. The molecule has 17 heavy (non-hydrogen) atoms. The van der Waals surface area contributed by atoms with E-state index in [1.54, 1.807) is 17.4 Å². The van der Waals surface area contributed by atoms with Crippen molar-refractivity contribution in [1.82, 2.24) is 0 Å². The molecule has 4 heteroatoms. The van der Waals surface area contributed by atoms with Crippen molar-refractivity contribution in [2.24, 2.45) is 0 Å². The molecule has 2 aromatic heterocycles. The highest BCUT2D eigenvalue weighted by Gasteiger charge is 2.11. The summed E-state index contributed by atoms with van der Waals surface area (Å²) >= 11 is 3.09. The van der Waals surface area contributed by atoms with Crippen molar-refractivity contribution in [3.05, 3.63) is 44.3 Å². The quantitative estimate of drug-likeness (QED) is 0.848. The minimum absolute atomic E-state index is 0.365. The van der Waals surface area contributed by atoms with Gasteiger partial charge in [0.2, 0.25) is 0 Å². The smallest absolute Gasteiger partial charge is 0.337 e. The Bertz CT molecular complexity index is 536. The highest BCUT2D eigenvalue weighted by molar-refractivity contribution is 7.13. The van der Waals surface area contributed by atoms with Crippen molar-refractivity contribution in [2.45, 2.75) is 13.3 Å². The van der Waals surface area contributed by atoms with Gasteiger partial charge in [-0.3, -0.25) is 0 Å². The van der Waals surface area contributed by atoms with Crippen LogP contribution in [0, 0.1) is 0 Å². The predicted octanol–water partition coefficient (Wildman–Crippen LogP) is 4.00. The third-order valence-electron chi connectivity index (χ3n) is 2.33. The zero-order chi connectivity index (χ0) is 12.3. The van der Waals surface area contributed by atoms with Gasteiger partial charge in [0.05, 0.1) is 5.57 Å². The Labute approximate surface area is 108 Å². The number of thiophene rings is 2. The SMILES string of the molecule is CCc1ccc(C=C(C(=O)O)c2cccs2)s1. The summed E-state index contributed by atoms with van der Waals surface area (Å²) in [6.45, 7) is 2.09. The van der Waals surface area contributed by atoms with Gasteiger partial charge < -0.3 is 5.11 Å². The van der Waals surface area contributed by atoms with Gasteiger partial charge in [-0.05, 0) is 36.1 Å². The zero-order valence-electron chi connectivity index (χ0n) is 9.34. The van der Waals surface area contributed by atoms with Gasteiger partial charge >= 0.3 is 5.97 Å². The van der Waals surface area contributed by atoms with Gasteiger partial charge in [-0.2, -0.15) is 0 Å². The van der Waals surface area contributed by atoms with E-state index in [1.807, 2.05) is 29.6 Å². The molecule has 0 aliphatic rings. The lowest BCUT2D eigenvalue weighted by molar-refractivity contribution is -0.130. The first-order valence-electron chi connectivity index (χ1n) is 5.28. The standard InChI is InChI=1S/C13H12O2S2/c1-2-9-5-6-10(17-9)8-11(13(14)15)12-4-3-7-16-12/h3-8H,2H2,1H3,(H,14,15). The molecule has 0 aliphatic heterocycles. The molecule has 0 radical (unpaired) electrons. The van der Waals surface area contributed by atoms with Crippen molar-refractivity contribution < 1.29 is 9.90 Å². The molecule has 0 spiro atoms. The number of aryl methyl sites for hydroxylation is 1. The summed E-state index contributed by atoms with van der Waals surface area (Å²) in [4.78, 5) is 14.3. The summed E-state index contributed by atoms with van der Waals surface area (Å²) in [5, 5.41) is 11.1. The molecule has 88 valence electrons. The number of carboxylic acid groups (broad SMARTS) is 1. The van der Waals surface area contributed by atoms with Crippen LogP contribution < -0.4 is 0 Å². The fourth-order valence-electron chi connectivity index (χ4n) is 1.47. The lowest BCUT2D eigenvalue weighted by atomic mass is 10.2. The van der Waals surface area contributed by atoms with E-state index in [-0.39, 0.29) is 0 Å². The van der Waals surface area contributed by atoms with E-state index in [2.05, 4.69) is 6.92 Å². The Balaban J connectivity index is 2.36. The lowest BCUT2D eigenvalue weighted by Crippen LogP contribution is -1.97. The number of rotatable bonds is 4. The van der Waals surface area contributed by atoms with Crippen LogP contribution in [0.15, 0.2) is 29.6 Å². The van der Waals surface area contributed by atoms with Crippen LogP contribution in [0.25, 0.3) is 11.6 Å². The molecule has 0 atom stereocenters. The third-order valence-corrected chi connectivity index (χ3v) is 4.41. The average molecular weight is 264 g/mol. The number of hydrogen-bond acceptors (Lipinski definition) is 3. The minimum Gasteiger partial charge on any atom is -0.478 e. The van der Waals surface area contributed by atoms with Crippen LogP contribution in [-0.4, -0.2) is 11.1 Å². The molecule has 0 saturated carbocycles. The lowest BCUT2D eigenvalue weighted by Gasteiger charge is -1.97. The Kier molecular flexibility index (Phi) is 3.76. The molecule has 0 unspecified atom stereocenters. The molecule has 0 saturated heterocycles. The average Bonchev–Trinajstić information content (AvgIpc) is 2.96. The zero-order valence-corrected chi connectivity index (χ0v) is 11.0. The first-order valence-corrected chi connectivity index (χ1v) is 6.98. The van der Waals surface area contributed by atoms with Gasteiger partial charge in [0.15, 0.2) is 0 Å². The van der Waals surface area contributed by atoms with E-state index in [0.717, 1.165) is 16.2 Å². The summed E-state index contributed by atoms with van der Waals surface area (Å²) in [5.41, 5.74) is 0.365. The molecule has 0 aliphatic carbocycles. The van der Waals surface area contributed by atoms with Gasteiger partial charge in [0.25, 0.3) is 0 Å². The third kappa shape index (κ3) is 2.84. The van der Waals surface area contributed by atoms with Gasteiger partial charge in [0.1, 0.15) is 0 Å². The Morgan fingerprint density at radius 1 is 1.41 bits per heavy atom. The maximum absolute atomic E-state index is 11.2. The minimum atomic E-state index is -0.876. The molecular formula is C13H12O2S2. The fourth-order valence-corrected chi connectivity index (χ4v) is 3.10. The monoisotopic (exact) mass is 264 g/mol. The highest BCUT2D eigenvalue weighted by atomic mass is 32.1. The van der Waals surface area contributed by atoms with E-state index >= 15 is 0 Å². The van der Waals surface area contributed by atoms with E-state index in [9.17, 15) is 9.90 Å². The van der Waals surface area contributed by atoms with Crippen molar-refractivity contribution >= 4 is 40.3 Å². The summed E-state index contributed by atoms with van der Waals surface area (Å²) in [6, 6.07) is 7.71. The van der Waals surface area contributed by atoms with Crippen molar-refractivity contribution in [2.75, 3.05) is 0 Å². The predicted molar refractivity (Wildman–Crippen MR) is 73.5 cm³/mol. The second-order valence-corrected chi connectivity index (χ2v) is 5.65. The normalized spacial score (nSPS) is 11.7. The summed E-state index contributed by atoms with van der Waals surface area (Å²) in [6.07, 6.45) is 2.73. The van der Waals surface area contributed by atoms with E-state index in [0.29, 0.717) is 5.57 Å². The van der Waals surface area contributed by atoms with Crippen LogP contribution >= 0.6 is 22.7 Å². The van der Waals surface area contributed by atoms with Crippen molar-refractivity contribution in [3.8, 4) is 0 Å². The van der Waals surface area contributed by atoms with Crippen molar-refractivity contribution in [3.63, 3.8) is 0 Å². The van der Waals surface area contributed by atoms with E-state index < -0.39 is 5.97 Å². The molecule has 1 N–H and O–H groups in total. The Morgan fingerprint density at radius 2 is 2.24 bits per heavy atom. The summed E-state index contributed by atoms with van der Waals surface area (Å²) in [5.74, 6) is -0.876. The maximum Gasteiger partial charge on any atom is 0.337 e. The van der Waals surface area contributed by atoms with Crippen LogP contribution in [0.1, 0.15) is 21.6 Å². The molecule has 2 nitrogen and oxygen atoms in total. The highest BCUT2D eigenvalue weighted by Crippen LogP contribution is 2.26. The number of carboxylic acids is 1. The number of hydrogen-bond donors (Lipinski definition) is 1. The molecule has 2 aromatic rings. The molecular weight excluding hydrogens is 252 g/mol. The number of aliphatic carboxylic acids is 1. The van der Waals surface area contributed by atoms with Gasteiger partial charge in [0, 0.05) is 14.6 Å². The van der Waals surface area contributed by atoms with Crippen LogP contribution in [0.3, 0.4) is 0 Å². The van der Waals surface area contributed by atoms with Crippen LogP contribution in [-0.2, 0) is 11.2 Å². The molecule has 0 aromatic carbocycles. The van der Waals surface area contributed by atoms with Crippen molar-refractivity contribution in [1.29, 1.82) is 0 Å².